The minimum atomic E-state index is 0.578. The summed E-state index contributed by atoms with van der Waals surface area (Å²) in [5.74, 6) is 0. The molecule has 5 aromatic rings. The first kappa shape index (κ1) is 19.0. The van der Waals surface area contributed by atoms with E-state index in [0.717, 1.165) is 39.9 Å². The molecule has 0 bridgehead atoms. The second-order valence-corrected chi connectivity index (χ2v) is 9.78. The molecule has 8 heteroatoms. The van der Waals surface area contributed by atoms with Gasteiger partial charge in [0.2, 0.25) is 0 Å². The number of H-pyrrole nitrogens is 1. The van der Waals surface area contributed by atoms with Gasteiger partial charge >= 0.3 is 0 Å². The van der Waals surface area contributed by atoms with Gasteiger partial charge in [-0.15, -0.1) is 5.10 Å². The molecule has 1 saturated heterocycles. The summed E-state index contributed by atoms with van der Waals surface area (Å²) in [6, 6.07) is 8.42. The van der Waals surface area contributed by atoms with E-state index < -0.39 is 0 Å². The van der Waals surface area contributed by atoms with Crippen molar-refractivity contribution in [1.29, 1.82) is 0 Å². The van der Waals surface area contributed by atoms with E-state index in [1.165, 1.54) is 44.5 Å². The lowest BCUT2D eigenvalue weighted by molar-refractivity contribution is 0.137. The van der Waals surface area contributed by atoms with Crippen LogP contribution in [0, 0.1) is 5.41 Å². The molecule has 33 heavy (non-hydrogen) atoms. The van der Waals surface area contributed by atoms with Crippen molar-refractivity contribution in [1.82, 2.24) is 39.2 Å². The number of hydrogen-bond donors (Lipinski definition) is 1. The number of fused-ring (bicyclic) bond motifs is 2. The van der Waals surface area contributed by atoms with Gasteiger partial charge in [0.15, 0.2) is 0 Å². The molecule has 2 aliphatic rings. The maximum absolute atomic E-state index is 4.68. The fraction of sp³-hybridized carbons (Fsp3) is 0.360. The average molecular weight is 439 g/mol. The van der Waals surface area contributed by atoms with E-state index in [1.807, 2.05) is 46.0 Å². The molecular weight excluding hydrogens is 412 g/mol. The molecule has 0 unspecified atom stereocenters. The van der Waals surface area contributed by atoms with Gasteiger partial charge in [-0.3, -0.25) is 9.88 Å². The number of hydrogen-bond acceptors (Lipinski definition) is 5. The first-order chi connectivity index (χ1) is 16.2. The maximum Gasteiger partial charge on any atom is 0.115 e. The molecule has 166 valence electrons. The minimum absolute atomic E-state index is 0.578. The van der Waals surface area contributed by atoms with Gasteiger partial charge in [0.1, 0.15) is 5.69 Å². The summed E-state index contributed by atoms with van der Waals surface area (Å²) in [5, 5.41) is 9.90. The zero-order valence-corrected chi connectivity index (χ0v) is 18.5. The van der Waals surface area contributed by atoms with Crippen molar-refractivity contribution in [2.45, 2.75) is 38.8 Å². The van der Waals surface area contributed by atoms with E-state index in [2.05, 4.69) is 42.3 Å². The zero-order chi connectivity index (χ0) is 21.8. The molecule has 1 spiro atoms. The summed E-state index contributed by atoms with van der Waals surface area (Å²) in [6.07, 6.45) is 15.2. The highest BCUT2D eigenvalue weighted by Crippen LogP contribution is 2.48. The van der Waals surface area contributed by atoms with Crippen LogP contribution in [0.3, 0.4) is 0 Å². The molecule has 5 aromatic heterocycles. The summed E-state index contributed by atoms with van der Waals surface area (Å²) < 4.78 is 3.83. The van der Waals surface area contributed by atoms with E-state index in [0.29, 0.717) is 12.0 Å². The zero-order valence-electron chi connectivity index (χ0n) is 18.5. The van der Waals surface area contributed by atoms with Crippen molar-refractivity contribution in [3.63, 3.8) is 0 Å². The van der Waals surface area contributed by atoms with Gasteiger partial charge < -0.3 is 9.38 Å². The highest BCUT2D eigenvalue weighted by atomic mass is 15.4. The van der Waals surface area contributed by atoms with Crippen LogP contribution in [0.15, 0.2) is 55.4 Å². The quantitative estimate of drug-likeness (QED) is 0.450. The summed E-state index contributed by atoms with van der Waals surface area (Å²) in [6.45, 7) is 4.06. The van der Waals surface area contributed by atoms with Gasteiger partial charge in [-0.05, 0) is 55.5 Å². The van der Waals surface area contributed by atoms with Gasteiger partial charge in [0.05, 0.1) is 36.5 Å². The molecule has 7 rings (SSSR count). The highest BCUT2D eigenvalue weighted by molar-refractivity contribution is 5.80. The molecule has 1 N–H and O–H groups in total. The molecule has 0 radical (unpaired) electrons. The Balaban J connectivity index is 1.09. The van der Waals surface area contributed by atoms with E-state index in [-0.39, 0.29) is 0 Å². The molecule has 0 aromatic carbocycles. The number of rotatable bonds is 5. The Kier molecular flexibility index (Phi) is 4.17. The molecule has 1 aliphatic carbocycles. The third kappa shape index (κ3) is 3.33. The van der Waals surface area contributed by atoms with Crippen LogP contribution in [0.4, 0.5) is 0 Å². The molecule has 2 fully saturated rings. The van der Waals surface area contributed by atoms with Gasteiger partial charge in [-0.25, -0.2) is 9.67 Å². The molecule has 0 amide bonds. The fourth-order valence-electron chi connectivity index (χ4n) is 5.62. The molecule has 1 saturated carbocycles. The van der Waals surface area contributed by atoms with Crippen LogP contribution in [-0.4, -0.2) is 52.3 Å². The Morgan fingerprint density at radius 2 is 2.06 bits per heavy atom. The lowest BCUT2D eigenvalue weighted by Crippen LogP contribution is -2.32. The number of nitrogens with one attached hydrogen (secondary N) is 1. The predicted molar refractivity (Wildman–Crippen MR) is 126 cm³/mol. The van der Waals surface area contributed by atoms with Crippen molar-refractivity contribution >= 4 is 16.4 Å². The highest BCUT2D eigenvalue weighted by Gasteiger charge is 2.42. The van der Waals surface area contributed by atoms with Crippen molar-refractivity contribution < 1.29 is 0 Å². The SMILES string of the molecule is c1cc(-c2cn(Cc3cc4[nH]c(CN5CCC6(CCC6)C5)cc4cn3)nn2)c2cncn2c1. The molecule has 6 heterocycles. The number of likely N-dealkylation sites (tertiary alicyclic amines) is 1. The Morgan fingerprint density at radius 1 is 1.09 bits per heavy atom. The van der Waals surface area contributed by atoms with E-state index in [1.54, 1.807) is 6.33 Å². The van der Waals surface area contributed by atoms with Crippen molar-refractivity contribution in [2.75, 3.05) is 13.1 Å². The normalized spacial score (nSPS) is 17.9. The third-order valence-corrected chi connectivity index (χ3v) is 7.53. The van der Waals surface area contributed by atoms with Crippen LogP contribution < -0.4 is 0 Å². The van der Waals surface area contributed by atoms with Crippen LogP contribution in [0.5, 0.6) is 0 Å². The summed E-state index contributed by atoms with van der Waals surface area (Å²) >= 11 is 0. The van der Waals surface area contributed by atoms with Crippen LogP contribution in [0.2, 0.25) is 0 Å². The maximum atomic E-state index is 4.68. The van der Waals surface area contributed by atoms with Gasteiger partial charge in [0, 0.05) is 47.6 Å². The Labute approximate surface area is 191 Å². The number of pyridine rings is 2. The first-order valence-electron chi connectivity index (χ1n) is 11.7. The monoisotopic (exact) mass is 438 g/mol. The Bertz CT molecular complexity index is 1450. The van der Waals surface area contributed by atoms with Crippen molar-refractivity contribution in [2.24, 2.45) is 5.41 Å². The predicted octanol–water partition coefficient (Wildman–Crippen LogP) is 3.89. The number of nitrogens with zero attached hydrogens (tertiary/aromatic N) is 7. The third-order valence-electron chi connectivity index (χ3n) is 7.53. The second kappa shape index (κ2) is 7.25. The summed E-state index contributed by atoms with van der Waals surface area (Å²) in [7, 11) is 0. The standard InChI is InChI=1S/C25H26N8/c1-3-21(24-12-26-17-32(24)7-1)23-15-33(30-29-23)14-19-10-22-18(11-27-19)9-20(28-22)13-31-8-6-25(16-31)4-2-5-25/h1,3,7,9-12,15,17,28H,2,4-6,8,13-14,16H2. The fourth-order valence-corrected chi connectivity index (χ4v) is 5.62. The van der Waals surface area contributed by atoms with E-state index >= 15 is 0 Å². The number of aromatic nitrogens is 7. The smallest absolute Gasteiger partial charge is 0.115 e. The lowest BCUT2D eigenvalue weighted by Gasteiger charge is -2.38. The van der Waals surface area contributed by atoms with Crippen LogP contribution in [-0.2, 0) is 13.1 Å². The second-order valence-electron chi connectivity index (χ2n) is 9.78. The van der Waals surface area contributed by atoms with Crippen LogP contribution >= 0.6 is 0 Å². The van der Waals surface area contributed by atoms with E-state index in [4.69, 9.17) is 0 Å². The summed E-state index contributed by atoms with van der Waals surface area (Å²) in [4.78, 5) is 15.1. The summed E-state index contributed by atoms with van der Waals surface area (Å²) in [5.41, 5.74) is 6.88. The van der Waals surface area contributed by atoms with Gasteiger partial charge in [-0.2, -0.15) is 0 Å². The van der Waals surface area contributed by atoms with Crippen LogP contribution in [0.25, 0.3) is 27.7 Å². The Hall–Kier alpha value is -3.52. The topological polar surface area (TPSA) is 79.9 Å². The molecular formula is C25H26N8. The lowest BCUT2D eigenvalue weighted by atomic mass is 9.68. The number of aromatic amines is 1. The molecule has 0 atom stereocenters. The van der Waals surface area contributed by atoms with Gasteiger partial charge in [-0.1, -0.05) is 11.6 Å². The van der Waals surface area contributed by atoms with Crippen molar-refractivity contribution in [3.8, 4) is 11.3 Å². The number of imidazole rings is 1. The average Bonchev–Trinajstić information content (AvgIpc) is 3.58. The van der Waals surface area contributed by atoms with Gasteiger partial charge in [0.25, 0.3) is 0 Å². The first-order valence-corrected chi connectivity index (χ1v) is 11.7. The molecule has 8 nitrogen and oxygen atoms in total. The molecule has 1 aliphatic heterocycles. The van der Waals surface area contributed by atoms with Crippen molar-refractivity contribution in [3.05, 3.63) is 66.8 Å². The largest absolute Gasteiger partial charge is 0.357 e. The Morgan fingerprint density at radius 3 is 2.94 bits per heavy atom. The van der Waals surface area contributed by atoms with E-state index in [9.17, 15) is 0 Å². The van der Waals surface area contributed by atoms with Crippen LogP contribution in [0.1, 0.15) is 37.1 Å². The minimum Gasteiger partial charge on any atom is -0.357 e.